The third-order valence-electron chi connectivity index (χ3n) is 3.49. The van der Waals surface area contributed by atoms with E-state index in [4.69, 9.17) is 15.3 Å². The molecule has 0 saturated heterocycles. The van der Waals surface area contributed by atoms with Gasteiger partial charge in [0.05, 0.1) is 24.4 Å². The van der Waals surface area contributed by atoms with Crippen molar-refractivity contribution in [2.24, 2.45) is 5.84 Å². The summed E-state index contributed by atoms with van der Waals surface area (Å²) >= 11 is 0. The highest BCUT2D eigenvalue weighted by molar-refractivity contribution is 5.27. The molecule has 19 heavy (non-hydrogen) atoms. The number of nitrogens with one attached hydrogen (secondary N) is 1. The molecule has 0 radical (unpaired) electrons. The molecular formula is C14H25N3O2. The van der Waals surface area contributed by atoms with Crippen LogP contribution < -0.4 is 16.0 Å². The molecule has 0 bridgehead atoms. The van der Waals surface area contributed by atoms with E-state index in [1.54, 1.807) is 19.5 Å². The van der Waals surface area contributed by atoms with Crippen LogP contribution in [0.15, 0.2) is 18.5 Å². The molecule has 0 aromatic carbocycles. The monoisotopic (exact) mass is 267 g/mol. The van der Waals surface area contributed by atoms with Gasteiger partial charge in [-0.15, -0.1) is 0 Å². The fraction of sp³-hybridized carbons (Fsp3) is 0.643. The van der Waals surface area contributed by atoms with Gasteiger partial charge in [0.1, 0.15) is 5.75 Å². The second-order valence-electron chi connectivity index (χ2n) is 4.77. The zero-order valence-electron chi connectivity index (χ0n) is 12.3. The van der Waals surface area contributed by atoms with Crippen LogP contribution in [0.3, 0.4) is 0 Å². The standard InChI is InChI=1S/C14H25N3O2/c1-5-7-19-12-8-11(9-16-10-12)13(17-15)14(3,6-2)18-4/h8-10,13,17H,5-7,15H2,1-4H3. The van der Waals surface area contributed by atoms with E-state index in [-0.39, 0.29) is 11.6 Å². The number of methoxy groups -OCH3 is 1. The molecule has 1 heterocycles. The van der Waals surface area contributed by atoms with E-state index in [0.29, 0.717) is 6.61 Å². The Labute approximate surface area is 115 Å². The van der Waals surface area contributed by atoms with E-state index < -0.39 is 0 Å². The van der Waals surface area contributed by atoms with Gasteiger partial charge in [0.15, 0.2) is 0 Å². The molecule has 1 aromatic rings. The predicted octanol–water partition coefficient (Wildman–Crippen LogP) is 2.19. The fourth-order valence-corrected chi connectivity index (χ4v) is 1.98. The smallest absolute Gasteiger partial charge is 0.137 e. The molecule has 0 aliphatic heterocycles. The van der Waals surface area contributed by atoms with Crippen molar-refractivity contribution in [1.82, 2.24) is 10.4 Å². The van der Waals surface area contributed by atoms with Gasteiger partial charge >= 0.3 is 0 Å². The Morgan fingerprint density at radius 2 is 2.16 bits per heavy atom. The van der Waals surface area contributed by atoms with E-state index >= 15 is 0 Å². The lowest BCUT2D eigenvalue weighted by Gasteiger charge is -2.35. The number of nitrogens with zero attached hydrogens (tertiary/aromatic N) is 1. The van der Waals surface area contributed by atoms with Gasteiger partial charge in [0.2, 0.25) is 0 Å². The predicted molar refractivity (Wildman–Crippen MR) is 75.8 cm³/mol. The van der Waals surface area contributed by atoms with Gasteiger partial charge in [-0.25, -0.2) is 0 Å². The summed E-state index contributed by atoms with van der Waals surface area (Å²) in [6, 6.07) is 1.82. The van der Waals surface area contributed by atoms with Crippen LogP contribution in [0.2, 0.25) is 0 Å². The molecule has 1 aromatic heterocycles. The van der Waals surface area contributed by atoms with E-state index in [9.17, 15) is 0 Å². The van der Waals surface area contributed by atoms with E-state index in [0.717, 1.165) is 24.2 Å². The van der Waals surface area contributed by atoms with Crippen LogP contribution in [-0.2, 0) is 4.74 Å². The summed E-state index contributed by atoms with van der Waals surface area (Å²) in [5.41, 5.74) is 3.39. The second kappa shape index (κ2) is 7.43. The zero-order valence-corrected chi connectivity index (χ0v) is 12.3. The van der Waals surface area contributed by atoms with Crippen LogP contribution in [0.1, 0.15) is 45.2 Å². The maximum atomic E-state index is 5.69. The molecule has 0 fully saturated rings. The van der Waals surface area contributed by atoms with Crippen molar-refractivity contribution >= 4 is 0 Å². The van der Waals surface area contributed by atoms with E-state index in [2.05, 4.69) is 24.3 Å². The second-order valence-corrected chi connectivity index (χ2v) is 4.77. The van der Waals surface area contributed by atoms with Gasteiger partial charge < -0.3 is 9.47 Å². The number of rotatable bonds is 8. The van der Waals surface area contributed by atoms with Gasteiger partial charge in [0, 0.05) is 13.3 Å². The molecule has 0 saturated carbocycles. The topological polar surface area (TPSA) is 69.4 Å². The summed E-state index contributed by atoms with van der Waals surface area (Å²) in [4.78, 5) is 4.21. The Kier molecular flexibility index (Phi) is 6.21. The first-order valence-electron chi connectivity index (χ1n) is 6.70. The highest BCUT2D eigenvalue weighted by atomic mass is 16.5. The zero-order chi connectivity index (χ0) is 14.3. The van der Waals surface area contributed by atoms with Crippen LogP contribution in [-0.4, -0.2) is 24.3 Å². The minimum absolute atomic E-state index is 0.139. The molecule has 5 heteroatoms. The largest absolute Gasteiger partial charge is 0.492 e. The molecule has 108 valence electrons. The van der Waals surface area contributed by atoms with E-state index in [1.807, 2.05) is 13.0 Å². The van der Waals surface area contributed by atoms with Gasteiger partial charge in [0.25, 0.3) is 0 Å². The molecule has 0 amide bonds. The van der Waals surface area contributed by atoms with Crippen LogP contribution >= 0.6 is 0 Å². The number of hydrogen-bond donors (Lipinski definition) is 2. The highest BCUT2D eigenvalue weighted by Gasteiger charge is 2.33. The lowest BCUT2D eigenvalue weighted by molar-refractivity contribution is -0.0301. The molecule has 3 N–H and O–H groups in total. The van der Waals surface area contributed by atoms with Gasteiger partial charge in [-0.2, -0.15) is 0 Å². The number of hydrogen-bond acceptors (Lipinski definition) is 5. The first kappa shape index (κ1) is 15.9. The number of nitrogens with two attached hydrogens (primary N) is 1. The summed E-state index contributed by atoms with van der Waals surface area (Å²) in [5, 5.41) is 0. The Morgan fingerprint density at radius 1 is 1.42 bits per heavy atom. The van der Waals surface area contributed by atoms with Crippen molar-refractivity contribution in [1.29, 1.82) is 0 Å². The van der Waals surface area contributed by atoms with Gasteiger partial charge in [-0.1, -0.05) is 13.8 Å². The average Bonchev–Trinajstić information content (AvgIpc) is 2.46. The number of pyridine rings is 1. The third-order valence-corrected chi connectivity index (χ3v) is 3.49. The summed E-state index contributed by atoms with van der Waals surface area (Å²) in [7, 11) is 1.69. The highest BCUT2D eigenvalue weighted by Crippen LogP contribution is 2.31. The fourth-order valence-electron chi connectivity index (χ4n) is 1.98. The van der Waals surface area contributed by atoms with Crippen LogP contribution in [0.4, 0.5) is 0 Å². The summed E-state index contributed by atoms with van der Waals surface area (Å²) in [6.45, 7) is 6.84. The van der Waals surface area contributed by atoms with Crippen molar-refractivity contribution in [2.45, 2.75) is 45.3 Å². The van der Waals surface area contributed by atoms with Crippen LogP contribution in [0.5, 0.6) is 5.75 Å². The molecular weight excluding hydrogens is 242 g/mol. The minimum Gasteiger partial charge on any atom is -0.492 e. The van der Waals surface area contributed by atoms with Gasteiger partial charge in [-0.3, -0.25) is 16.3 Å². The minimum atomic E-state index is -0.389. The quantitative estimate of drug-likeness (QED) is 0.558. The summed E-state index contributed by atoms with van der Waals surface area (Å²) in [5.74, 6) is 6.45. The van der Waals surface area contributed by atoms with Crippen LogP contribution in [0, 0.1) is 0 Å². The van der Waals surface area contributed by atoms with E-state index in [1.165, 1.54) is 0 Å². The Balaban J connectivity index is 2.98. The van der Waals surface area contributed by atoms with Crippen molar-refractivity contribution in [3.63, 3.8) is 0 Å². The van der Waals surface area contributed by atoms with Crippen LogP contribution in [0.25, 0.3) is 0 Å². The van der Waals surface area contributed by atoms with Crippen molar-refractivity contribution in [3.05, 3.63) is 24.0 Å². The first-order valence-corrected chi connectivity index (χ1v) is 6.70. The lowest BCUT2D eigenvalue weighted by Crippen LogP contribution is -2.45. The molecule has 1 rings (SSSR count). The molecule has 0 spiro atoms. The summed E-state index contributed by atoms with van der Waals surface area (Å²) < 4.78 is 11.2. The molecule has 2 atom stereocenters. The van der Waals surface area contributed by atoms with Crippen molar-refractivity contribution < 1.29 is 9.47 Å². The Bertz CT molecular complexity index is 381. The lowest BCUT2D eigenvalue weighted by atomic mass is 9.89. The Hall–Kier alpha value is -1.17. The maximum absolute atomic E-state index is 5.69. The number of aromatic nitrogens is 1. The van der Waals surface area contributed by atoms with Gasteiger partial charge in [-0.05, 0) is 31.4 Å². The SMILES string of the molecule is CCCOc1cncc(C(NN)C(C)(CC)OC)c1. The molecule has 0 aliphatic carbocycles. The Morgan fingerprint density at radius 3 is 2.68 bits per heavy atom. The van der Waals surface area contributed by atoms with Crippen molar-refractivity contribution in [2.75, 3.05) is 13.7 Å². The van der Waals surface area contributed by atoms with Crippen molar-refractivity contribution in [3.8, 4) is 5.75 Å². The third kappa shape index (κ3) is 3.89. The normalized spacial score (nSPS) is 15.8. The first-order chi connectivity index (χ1) is 9.11. The number of hydrazine groups is 1. The summed E-state index contributed by atoms with van der Waals surface area (Å²) in [6.07, 6.45) is 5.30. The average molecular weight is 267 g/mol. The molecule has 5 nitrogen and oxygen atoms in total. The maximum Gasteiger partial charge on any atom is 0.137 e. The molecule has 2 unspecified atom stereocenters. The molecule has 0 aliphatic rings. The number of ether oxygens (including phenoxy) is 2.